The van der Waals surface area contributed by atoms with Gasteiger partial charge in [0, 0.05) is 37.2 Å². The molecule has 0 saturated carbocycles. The van der Waals surface area contributed by atoms with Gasteiger partial charge in [0.05, 0.1) is 18.7 Å². The Labute approximate surface area is 146 Å². The minimum Gasteiger partial charge on any atom is -0.481 e. The van der Waals surface area contributed by atoms with E-state index < -0.39 is 5.97 Å². The summed E-state index contributed by atoms with van der Waals surface area (Å²) in [7, 11) is 0. The van der Waals surface area contributed by atoms with Crippen LogP contribution in [0.3, 0.4) is 0 Å². The molecule has 3 rings (SSSR count). The van der Waals surface area contributed by atoms with Gasteiger partial charge in [0.15, 0.2) is 0 Å². The van der Waals surface area contributed by atoms with Gasteiger partial charge in [0.25, 0.3) is 0 Å². The topological polar surface area (TPSA) is 56.7 Å². The van der Waals surface area contributed by atoms with Crippen molar-refractivity contribution in [2.24, 2.45) is 0 Å². The first-order valence-corrected chi connectivity index (χ1v) is 9.09. The number of rotatable bonds is 5. The second-order valence-electron chi connectivity index (χ2n) is 6.29. The highest BCUT2D eigenvalue weighted by Crippen LogP contribution is 2.24. The molecule has 1 N–H and O–H groups in total. The van der Waals surface area contributed by atoms with Crippen LogP contribution in [0, 0.1) is 13.8 Å². The highest BCUT2D eigenvalue weighted by Gasteiger charge is 2.20. The van der Waals surface area contributed by atoms with Gasteiger partial charge in [-0.15, -0.1) is 11.3 Å². The number of carboxylic acids is 1. The molecule has 0 radical (unpaired) electrons. The maximum Gasteiger partial charge on any atom is 0.309 e. The molecule has 1 saturated heterocycles. The third-order valence-corrected chi connectivity index (χ3v) is 5.46. The van der Waals surface area contributed by atoms with Crippen LogP contribution in [0.5, 0.6) is 0 Å². The van der Waals surface area contributed by atoms with E-state index in [9.17, 15) is 4.79 Å². The quantitative estimate of drug-likeness (QED) is 0.903. The molecule has 0 unspecified atom stereocenters. The van der Waals surface area contributed by atoms with E-state index in [-0.39, 0.29) is 6.42 Å². The number of piperazine rings is 1. The van der Waals surface area contributed by atoms with Crippen LogP contribution < -0.4 is 4.90 Å². The summed E-state index contributed by atoms with van der Waals surface area (Å²) in [5.74, 6) is -0.825. The summed E-state index contributed by atoms with van der Waals surface area (Å²) in [6.45, 7) is 9.19. The minimum atomic E-state index is -0.825. The van der Waals surface area contributed by atoms with Crippen LogP contribution in [0.25, 0.3) is 0 Å². The molecular weight excluding hydrogens is 322 g/mol. The van der Waals surface area contributed by atoms with Crippen molar-refractivity contribution in [2.75, 3.05) is 31.1 Å². The Kier molecular flexibility index (Phi) is 5.16. The van der Waals surface area contributed by atoms with Crippen LogP contribution in [0.2, 0.25) is 0 Å². The Hall–Kier alpha value is -1.92. The molecule has 6 heteroatoms. The number of hydrogen-bond donors (Lipinski definition) is 1. The lowest BCUT2D eigenvalue weighted by molar-refractivity contribution is -0.136. The van der Waals surface area contributed by atoms with Gasteiger partial charge in [-0.3, -0.25) is 9.69 Å². The molecule has 2 aromatic rings. The van der Waals surface area contributed by atoms with Crippen LogP contribution in [-0.2, 0) is 17.8 Å². The molecule has 1 fully saturated rings. The fourth-order valence-corrected chi connectivity index (χ4v) is 3.91. The van der Waals surface area contributed by atoms with Gasteiger partial charge in [-0.2, -0.15) is 0 Å². The molecule has 0 bridgehead atoms. The third-order valence-electron chi connectivity index (χ3n) is 4.58. The lowest BCUT2D eigenvalue weighted by Crippen LogP contribution is -2.46. The molecule has 1 aromatic heterocycles. The molecule has 0 amide bonds. The zero-order valence-corrected chi connectivity index (χ0v) is 15.0. The monoisotopic (exact) mass is 345 g/mol. The maximum absolute atomic E-state index is 10.7. The molecule has 0 spiro atoms. The second kappa shape index (κ2) is 7.32. The summed E-state index contributed by atoms with van der Waals surface area (Å²) in [6, 6.07) is 6.49. The summed E-state index contributed by atoms with van der Waals surface area (Å²) in [4.78, 5) is 20.0. The first kappa shape index (κ1) is 16.9. The van der Waals surface area contributed by atoms with Crippen molar-refractivity contribution in [1.29, 1.82) is 0 Å². The molecule has 2 heterocycles. The summed E-state index contributed by atoms with van der Waals surface area (Å²) in [6.07, 6.45) is 0.0108. The molecule has 0 aliphatic carbocycles. The van der Waals surface area contributed by atoms with Crippen LogP contribution in [-0.4, -0.2) is 47.1 Å². The minimum absolute atomic E-state index is 0.0108. The van der Waals surface area contributed by atoms with E-state index in [0.717, 1.165) is 37.7 Å². The SMILES string of the molecule is Cc1cccc(N2CCN(Cc3nc(CC(=O)O)cs3)CC2)c1C. The first-order valence-electron chi connectivity index (χ1n) is 8.21. The van der Waals surface area contributed by atoms with Gasteiger partial charge in [-0.25, -0.2) is 4.98 Å². The van der Waals surface area contributed by atoms with Crippen molar-refractivity contribution in [2.45, 2.75) is 26.8 Å². The van der Waals surface area contributed by atoms with Gasteiger partial charge in [0.2, 0.25) is 0 Å². The van der Waals surface area contributed by atoms with Crippen molar-refractivity contribution in [3.8, 4) is 0 Å². The number of thiazole rings is 1. The first-order chi connectivity index (χ1) is 11.5. The third kappa shape index (κ3) is 3.94. The number of carboxylic acid groups (broad SMARTS) is 1. The van der Waals surface area contributed by atoms with Crippen molar-refractivity contribution in [1.82, 2.24) is 9.88 Å². The maximum atomic E-state index is 10.7. The zero-order chi connectivity index (χ0) is 17.1. The average molecular weight is 345 g/mol. The number of benzene rings is 1. The van der Waals surface area contributed by atoms with E-state index in [1.807, 2.05) is 5.38 Å². The second-order valence-corrected chi connectivity index (χ2v) is 7.23. The normalized spacial score (nSPS) is 15.7. The highest BCUT2D eigenvalue weighted by molar-refractivity contribution is 7.09. The number of aryl methyl sites for hydroxylation is 1. The molecule has 1 aliphatic heterocycles. The lowest BCUT2D eigenvalue weighted by Gasteiger charge is -2.36. The number of aromatic nitrogens is 1. The van der Waals surface area contributed by atoms with E-state index in [1.54, 1.807) is 11.3 Å². The highest BCUT2D eigenvalue weighted by atomic mass is 32.1. The van der Waals surface area contributed by atoms with Crippen LogP contribution >= 0.6 is 11.3 Å². The summed E-state index contributed by atoms with van der Waals surface area (Å²) >= 11 is 1.56. The smallest absolute Gasteiger partial charge is 0.309 e. The average Bonchev–Trinajstić information content (AvgIpc) is 2.97. The number of nitrogens with zero attached hydrogens (tertiary/aromatic N) is 3. The number of hydrogen-bond acceptors (Lipinski definition) is 5. The molecule has 1 aromatic carbocycles. The molecule has 1 aliphatic rings. The van der Waals surface area contributed by atoms with E-state index in [2.05, 4.69) is 46.8 Å². The molecular formula is C18H23N3O2S. The molecule has 24 heavy (non-hydrogen) atoms. The van der Waals surface area contributed by atoms with Gasteiger partial charge in [-0.1, -0.05) is 12.1 Å². The number of carbonyl (C=O) groups is 1. The Bertz CT molecular complexity index is 721. The van der Waals surface area contributed by atoms with Crippen LogP contribution in [0.1, 0.15) is 21.8 Å². The Morgan fingerprint density at radius 3 is 2.71 bits per heavy atom. The predicted molar refractivity (Wildman–Crippen MR) is 96.9 cm³/mol. The van der Waals surface area contributed by atoms with E-state index in [1.165, 1.54) is 16.8 Å². The van der Waals surface area contributed by atoms with Gasteiger partial charge in [-0.05, 0) is 31.0 Å². The van der Waals surface area contributed by atoms with Crippen molar-refractivity contribution in [3.63, 3.8) is 0 Å². The Morgan fingerprint density at radius 1 is 1.25 bits per heavy atom. The molecule has 0 atom stereocenters. The van der Waals surface area contributed by atoms with Crippen LogP contribution in [0.4, 0.5) is 5.69 Å². The summed E-state index contributed by atoms with van der Waals surface area (Å²) in [5.41, 5.74) is 4.71. The van der Waals surface area contributed by atoms with E-state index in [4.69, 9.17) is 5.11 Å². The molecule has 5 nitrogen and oxygen atoms in total. The summed E-state index contributed by atoms with van der Waals surface area (Å²) < 4.78 is 0. The fraction of sp³-hybridized carbons (Fsp3) is 0.444. The molecule has 128 valence electrons. The van der Waals surface area contributed by atoms with Gasteiger partial charge >= 0.3 is 5.97 Å². The Balaban J connectivity index is 1.56. The lowest BCUT2D eigenvalue weighted by atomic mass is 10.1. The van der Waals surface area contributed by atoms with Crippen molar-refractivity contribution in [3.05, 3.63) is 45.4 Å². The van der Waals surface area contributed by atoms with Gasteiger partial charge in [0.1, 0.15) is 5.01 Å². The predicted octanol–water partition coefficient (Wildman–Crippen LogP) is 2.71. The van der Waals surface area contributed by atoms with E-state index in [0.29, 0.717) is 5.69 Å². The van der Waals surface area contributed by atoms with Gasteiger partial charge < -0.3 is 10.0 Å². The Morgan fingerprint density at radius 2 is 2.00 bits per heavy atom. The number of anilines is 1. The standard InChI is InChI=1S/C18H23N3O2S/c1-13-4-3-5-16(14(13)2)21-8-6-20(7-9-21)11-17-19-15(12-24-17)10-18(22)23/h3-5,12H,6-11H2,1-2H3,(H,22,23). The number of aliphatic carboxylic acids is 1. The van der Waals surface area contributed by atoms with Crippen LogP contribution in [0.15, 0.2) is 23.6 Å². The van der Waals surface area contributed by atoms with Crippen molar-refractivity contribution >= 4 is 23.0 Å². The summed E-state index contributed by atoms with van der Waals surface area (Å²) in [5, 5.41) is 11.7. The largest absolute Gasteiger partial charge is 0.481 e. The van der Waals surface area contributed by atoms with E-state index >= 15 is 0 Å². The van der Waals surface area contributed by atoms with Crippen molar-refractivity contribution < 1.29 is 9.90 Å². The zero-order valence-electron chi connectivity index (χ0n) is 14.2. The fourth-order valence-electron chi connectivity index (χ4n) is 3.07.